The molecule has 2 aliphatic rings. The van der Waals surface area contributed by atoms with E-state index in [2.05, 4.69) is 37.2 Å². The number of nitrogens with zero attached hydrogens (tertiary/aromatic N) is 4. The lowest BCUT2D eigenvalue weighted by Gasteiger charge is -2.33. The molecule has 0 spiro atoms. The molecule has 1 aromatic carbocycles. The van der Waals surface area contributed by atoms with Crippen LogP contribution in [-0.4, -0.2) is 38.7 Å². The van der Waals surface area contributed by atoms with E-state index in [-0.39, 0.29) is 11.9 Å². The molecule has 0 bridgehead atoms. The second-order valence-corrected chi connectivity index (χ2v) is 9.03. The van der Waals surface area contributed by atoms with Crippen molar-refractivity contribution in [3.05, 3.63) is 57.2 Å². The molecule has 0 radical (unpaired) electrons. The van der Waals surface area contributed by atoms with Crippen molar-refractivity contribution in [3.8, 4) is 5.75 Å². The molecule has 152 valence electrons. The molecule has 5 nitrogen and oxygen atoms in total. The van der Waals surface area contributed by atoms with Crippen molar-refractivity contribution in [1.29, 1.82) is 0 Å². The molecule has 5 rings (SSSR count). The van der Waals surface area contributed by atoms with Crippen LogP contribution in [0.4, 0.5) is 4.39 Å². The number of halogens is 3. The first-order valence-corrected chi connectivity index (χ1v) is 11.1. The lowest BCUT2D eigenvalue weighted by molar-refractivity contribution is 0.0836. The topological polar surface area (TPSA) is 42.7 Å². The number of fused-ring (bicyclic) bond motifs is 1. The molecular weight excluding hydrogens is 459 g/mol. The molecule has 1 saturated heterocycles. The van der Waals surface area contributed by atoms with E-state index in [4.69, 9.17) is 16.3 Å². The number of likely N-dealkylation sites (tertiary alicyclic amines) is 1. The van der Waals surface area contributed by atoms with Crippen molar-refractivity contribution in [1.82, 2.24) is 19.5 Å². The molecule has 2 fully saturated rings. The highest BCUT2D eigenvalue weighted by atomic mass is 79.9. The first-order chi connectivity index (χ1) is 14.1. The van der Waals surface area contributed by atoms with Crippen LogP contribution in [-0.2, 0) is 6.54 Å². The quantitative estimate of drug-likeness (QED) is 0.504. The maximum atomic E-state index is 13.3. The lowest BCUT2D eigenvalue weighted by atomic mass is 10.1. The van der Waals surface area contributed by atoms with Crippen molar-refractivity contribution >= 4 is 33.2 Å². The fourth-order valence-electron chi connectivity index (χ4n) is 4.03. The van der Waals surface area contributed by atoms with Gasteiger partial charge in [-0.3, -0.25) is 9.30 Å². The molecule has 1 aliphatic heterocycles. The van der Waals surface area contributed by atoms with Crippen LogP contribution < -0.4 is 4.74 Å². The number of piperidine rings is 1. The van der Waals surface area contributed by atoms with Gasteiger partial charge in [0.05, 0.1) is 0 Å². The highest BCUT2D eigenvalue weighted by Gasteiger charge is 2.30. The van der Waals surface area contributed by atoms with Gasteiger partial charge in [0.25, 0.3) is 0 Å². The molecule has 1 saturated carbocycles. The minimum absolute atomic E-state index is 0.106. The van der Waals surface area contributed by atoms with Gasteiger partial charge in [-0.15, -0.1) is 10.2 Å². The Morgan fingerprint density at radius 2 is 2.07 bits per heavy atom. The molecule has 2 aromatic heterocycles. The first kappa shape index (κ1) is 19.3. The second-order valence-electron chi connectivity index (χ2n) is 7.92. The van der Waals surface area contributed by atoms with E-state index in [1.165, 1.54) is 30.5 Å². The number of ether oxygens (including phenoxy) is 1. The molecule has 0 unspecified atom stereocenters. The molecule has 3 heterocycles. The zero-order chi connectivity index (χ0) is 20.0. The third-order valence-electron chi connectivity index (χ3n) is 5.68. The van der Waals surface area contributed by atoms with Crippen LogP contribution in [0.3, 0.4) is 0 Å². The van der Waals surface area contributed by atoms with E-state index in [1.54, 1.807) is 6.07 Å². The summed E-state index contributed by atoms with van der Waals surface area (Å²) >= 11 is 9.67. The van der Waals surface area contributed by atoms with Crippen molar-refractivity contribution in [2.24, 2.45) is 0 Å². The Hall–Kier alpha value is -1.70. The fourth-order valence-corrected chi connectivity index (χ4v) is 4.62. The van der Waals surface area contributed by atoms with Gasteiger partial charge in [0.1, 0.15) is 17.7 Å². The second kappa shape index (κ2) is 7.85. The number of hydrogen-bond acceptors (Lipinski definition) is 4. The Balaban J connectivity index is 1.33. The standard InChI is InChI=1S/C21H21BrClFN4O/c22-21-26-25-20-9-19(17(12-28(20)21)13-3-4-13)29-16-2-1-7-27(11-16)10-14-5-6-15(24)8-18(14)23/h5-6,8-9,12-13,16H,1-4,7,10-11H2/t16-/m1/s1. The summed E-state index contributed by atoms with van der Waals surface area (Å²) in [7, 11) is 0. The summed E-state index contributed by atoms with van der Waals surface area (Å²) in [6, 6.07) is 6.61. The van der Waals surface area contributed by atoms with Gasteiger partial charge in [-0.1, -0.05) is 17.7 Å². The third-order valence-corrected chi connectivity index (χ3v) is 6.57. The molecule has 1 atom stereocenters. The van der Waals surface area contributed by atoms with Crippen molar-refractivity contribution < 1.29 is 9.13 Å². The van der Waals surface area contributed by atoms with Crippen molar-refractivity contribution in [2.45, 2.75) is 44.2 Å². The molecule has 3 aromatic rings. The minimum atomic E-state index is -0.304. The zero-order valence-corrected chi connectivity index (χ0v) is 18.2. The number of hydrogen-bond donors (Lipinski definition) is 0. The highest BCUT2D eigenvalue weighted by Crippen LogP contribution is 2.45. The van der Waals surface area contributed by atoms with E-state index < -0.39 is 0 Å². The van der Waals surface area contributed by atoms with Crippen LogP contribution in [0.25, 0.3) is 5.65 Å². The lowest BCUT2D eigenvalue weighted by Crippen LogP contribution is -2.40. The Labute approximate surface area is 181 Å². The predicted molar refractivity (Wildman–Crippen MR) is 113 cm³/mol. The highest BCUT2D eigenvalue weighted by molar-refractivity contribution is 9.10. The third kappa shape index (κ3) is 4.13. The van der Waals surface area contributed by atoms with E-state index in [0.29, 0.717) is 22.2 Å². The maximum Gasteiger partial charge on any atom is 0.204 e. The number of aromatic nitrogens is 3. The smallest absolute Gasteiger partial charge is 0.204 e. The monoisotopic (exact) mass is 478 g/mol. The van der Waals surface area contributed by atoms with Crippen LogP contribution in [0.1, 0.15) is 42.7 Å². The van der Waals surface area contributed by atoms with Crippen LogP contribution in [0.5, 0.6) is 5.75 Å². The van der Waals surface area contributed by atoms with Crippen molar-refractivity contribution in [3.63, 3.8) is 0 Å². The summed E-state index contributed by atoms with van der Waals surface area (Å²) in [4.78, 5) is 2.33. The predicted octanol–water partition coefficient (Wildman–Crippen LogP) is 5.21. The first-order valence-electron chi connectivity index (χ1n) is 9.94. The Morgan fingerprint density at radius 1 is 1.21 bits per heavy atom. The minimum Gasteiger partial charge on any atom is -0.489 e. The molecular formula is C21H21BrClFN4O. The summed E-state index contributed by atoms with van der Waals surface area (Å²) in [5.41, 5.74) is 2.96. The fraction of sp³-hybridized carbons (Fsp3) is 0.429. The van der Waals surface area contributed by atoms with Gasteiger partial charge in [0.15, 0.2) is 5.65 Å². The van der Waals surface area contributed by atoms with Crippen LogP contribution in [0, 0.1) is 5.82 Å². The van der Waals surface area contributed by atoms with Crippen LogP contribution >= 0.6 is 27.5 Å². The van der Waals surface area contributed by atoms with Gasteiger partial charge >= 0.3 is 0 Å². The summed E-state index contributed by atoms with van der Waals surface area (Å²) < 4.78 is 22.5. The van der Waals surface area contributed by atoms with Gasteiger partial charge in [-0.05, 0) is 71.8 Å². The van der Waals surface area contributed by atoms with E-state index >= 15 is 0 Å². The van der Waals surface area contributed by atoms with Gasteiger partial charge in [-0.2, -0.15) is 0 Å². The average molecular weight is 480 g/mol. The molecule has 0 N–H and O–H groups in total. The van der Waals surface area contributed by atoms with Crippen LogP contribution in [0.2, 0.25) is 5.02 Å². The van der Waals surface area contributed by atoms with Gasteiger partial charge in [0, 0.05) is 35.9 Å². The maximum absolute atomic E-state index is 13.3. The van der Waals surface area contributed by atoms with Gasteiger partial charge < -0.3 is 4.74 Å². The molecule has 1 aliphatic carbocycles. The normalized spacial score (nSPS) is 20.3. The largest absolute Gasteiger partial charge is 0.489 e. The molecule has 0 amide bonds. The number of benzene rings is 1. The van der Waals surface area contributed by atoms with E-state index in [1.807, 2.05) is 10.5 Å². The summed E-state index contributed by atoms with van der Waals surface area (Å²) in [6.07, 6.45) is 6.67. The summed E-state index contributed by atoms with van der Waals surface area (Å²) in [6.45, 7) is 2.50. The SMILES string of the molecule is Fc1ccc(CN2CCC[C@@H](Oc3cc4nnc(Br)n4cc3C3CC3)C2)c(Cl)c1. The molecule has 8 heteroatoms. The van der Waals surface area contributed by atoms with Gasteiger partial charge in [-0.25, -0.2) is 4.39 Å². The Bertz CT molecular complexity index is 1050. The Kier molecular flexibility index (Phi) is 5.22. The molecule has 29 heavy (non-hydrogen) atoms. The Morgan fingerprint density at radius 3 is 2.86 bits per heavy atom. The number of rotatable bonds is 5. The van der Waals surface area contributed by atoms with Crippen molar-refractivity contribution in [2.75, 3.05) is 13.1 Å². The zero-order valence-electron chi connectivity index (χ0n) is 15.8. The van der Waals surface area contributed by atoms with E-state index in [0.717, 1.165) is 42.9 Å². The summed E-state index contributed by atoms with van der Waals surface area (Å²) in [5.74, 6) is 1.18. The average Bonchev–Trinajstić information content (AvgIpc) is 3.48. The summed E-state index contributed by atoms with van der Waals surface area (Å²) in [5, 5.41) is 8.79. The van der Waals surface area contributed by atoms with Crippen LogP contribution in [0.15, 0.2) is 35.2 Å². The van der Waals surface area contributed by atoms with E-state index in [9.17, 15) is 4.39 Å². The van der Waals surface area contributed by atoms with Gasteiger partial charge in [0.2, 0.25) is 4.73 Å². The number of pyridine rings is 1.